The van der Waals surface area contributed by atoms with Gasteiger partial charge in [0.1, 0.15) is 5.54 Å². The van der Waals surface area contributed by atoms with Crippen molar-refractivity contribution in [3.8, 4) is 0 Å². The zero-order chi connectivity index (χ0) is 9.94. The minimum absolute atomic E-state index is 0.344. The maximum Gasteiger partial charge on any atom is 0.323 e. The van der Waals surface area contributed by atoms with Crippen LogP contribution in [0.15, 0.2) is 0 Å². The fourth-order valence-electron chi connectivity index (χ4n) is 0.992. The van der Waals surface area contributed by atoms with Crippen molar-refractivity contribution in [2.24, 2.45) is 17.6 Å². The van der Waals surface area contributed by atoms with Crippen LogP contribution in [-0.2, 0) is 4.79 Å². The molecule has 0 saturated carbocycles. The average Bonchev–Trinajstić information content (AvgIpc) is 1.85. The molecule has 0 aromatic heterocycles. The molecule has 0 aromatic rings. The Morgan fingerprint density at radius 1 is 1.50 bits per heavy atom. The smallest absolute Gasteiger partial charge is 0.323 e. The molecule has 0 spiro atoms. The van der Waals surface area contributed by atoms with E-state index in [1.807, 2.05) is 6.92 Å². The Balaban J connectivity index is 4.15. The van der Waals surface area contributed by atoms with E-state index in [0.717, 1.165) is 0 Å². The molecule has 3 nitrogen and oxygen atoms in total. The van der Waals surface area contributed by atoms with Crippen molar-refractivity contribution >= 4 is 5.97 Å². The van der Waals surface area contributed by atoms with Gasteiger partial charge in [0, 0.05) is 0 Å². The van der Waals surface area contributed by atoms with Crippen molar-refractivity contribution in [3.63, 3.8) is 0 Å². The van der Waals surface area contributed by atoms with Crippen LogP contribution in [-0.4, -0.2) is 16.6 Å². The molecule has 72 valence electrons. The molecule has 3 heteroatoms. The largest absolute Gasteiger partial charge is 0.480 e. The molecule has 0 aromatic carbocycles. The Morgan fingerprint density at radius 3 is 2.17 bits per heavy atom. The zero-order valence-corrected chi connectivity index (χ0v) is 8.29. The molecule has 0 bridgehead atoms. The van der Waals surface area contributed by atoms with Gasteiger partial charge in [0.25, 0.3) is 0 Å². The first kappa shape index (κ1) is 11.4. The minimum atomic E-state index is -1.08. The summed E-state index contributed by atoms with van der Waals surface area (Å²) in [5.74, 6) is -0.0988. The molecule has 0 saturated heterocycles. The molecule has 0 amide bonds. The SMILES string of the molecule is CC(C)C(C)C[C@](C)(N)C(=O)O. The van der Waals surface area contributed by atoms with E-state index in [1.165, 1.54) is 0 Å². The van der Waals surface area contributed by atoms with Crippen molar-refractivity contribution < 1.29 is 9.90 Å². The maximum atomic E-state index is 10.7. The van der Waals surface area contributed by atoms with Gasteiger partial charge in [0.15, 0.2) is 0 Å². The zero-order valence-electron chi connectivity index (χ0n) is 8.29. The third-order valence-electron chi connectivity index (χ3n) is 2.37. The number of aliphatic carboxylic acids is 1. The lowest BCUT2D eigenvalue weighted by Crippen LogP contribution is -2.46. The van der Waals surface area contributed by atoms with Gasteiger partial charge >= 0.3 is 5.97 Å². The molecule has 0 aliphatic rings. The summed E-state index contributed by atoms with van der Waals surface area (Å²) in [7, 11) is 0. The number of hydrogen-bond acceptors (Lipinski definition) is 2. The second-order valence-electron chi connectivity index (χ2n) is 4.15. The summed E-state index contributed by atoms with van der Waals surface area (Å²) >= 11 is 0. The fraction of sp³-hybridized carbons (Fsp3) is 0.889. The van der Waals surface area contributed by atoms with Crippen molar-refractivity contribution in [1.29, 1.82) is 0 Å². The molecule has 0 rings (SSSR count). The van der Waals surface area contributed by atoms with Crippen LogP contribution < -0.4 is 5.73 Å². The van der Waals surface area contributed by atoms with E-state index in [2.05, 4.69) is 13.8 Å². The van der Waals surface area contributed by atoms with E-state index in [1.54, 1.807) is 6.92 Å². The number of hydrogen-bond donors (Lipinski definition) is 2. The van der Waals surface area contributed by atoms with Crippen molar-refractivity contribution in [2.75, 3.05) is 0 Å². The summed E-state index contributed by atoms with van der Waals surface area (Å²) in [6, 6.07) is 0. The first-order valence-corrected chi connectivity index (χ1v) is 4.29. The van der Waals surface area contributed by atoms with Crippen LogP contribution in [0.4, 0.5) is 0 Å². The normalized spacial score (nSPS) is 18.8. The summed E-state index contributed by atoms with van der Waals surface area (Å²) in [5, 5.41) is 8.75. The third kappa shape index (κ3) is 3.22. The standard InChI is InChI=1S/C9H19NO2/c1-6(2)7(3)5-9(4,10)8(11)12/h6-7H,5,10H2,1-4H3,(H,11,12)/t7?,9-/m0/s1. The van der Waals surface area contributed by atoms with Gasteiger partial charge in [0.2, 0.25) is 0 Å². The molecular formula is C9H19NO2. The first-order chi connectivity index (χ1) is 5.27. The second kappa shape index (κ2) is 3.90. The summed E-state index contributed by atoms with van der Waals surface area (Å²) in [6.07, 6.45) is 0.528. The molecule has 12 heavy (non-hydrogen) atoms. The summed E-state index contributed by atoms with van der Waals surface area (Å²) in [6.45, 7) is 7.73. The van der Waals surface area contributed by atoms with Gasteiger partial charge in [-0.2, -0.15) is 0 Å². The van der Waals surface area contributed by atoms with Gasteiger partial charge in [-0.05, 0) is 25.2 Å². The lowest BCUT2D eigenvalue weighted by atomic mass is 9.85. The number of carbonyl (C=O) groups is 1. The van der Waals surface area contributed by atoms with E-state index >= 15 is 0 Å². The van der Waals surface area contributed by atoms with Gasteiger partial charge in [-0.15, -0.1) is 0 Å². The Bertz CT molecular complexity index is 164. The molecule has 3 N–H and O–H groups in total. The second-order valence-corrected chi connectivity index (χ2v) is 4.15. The third-order valence-corrected chi connectivity index (χ3v) is 2.37. The Hall–Kier alpha value is -0.570. The summed E-state index contributed by atoms with van der Waals surface area (Å²) in [5.41, 5.74) is 4.52. The fourth-order valence-corrected chi connectivity index (χ4v) is 0.992. The summed E-state index contributed by atoms with van der Waals surface area (Å²) in [4.78, 5) is 10.7. The number of carboxylic acid groups (broad SMARTS) is 1. The van der Waals surface area contributed by atoms with Crippen molar-refractivity contribution in [1.82, 2.24) is 0 Å². The molecule has 2 atom stereocenters. The van der Waals surface area contributed by atoms with Crippen molar-refractivity contribution in [3.05, 3.63) is 0 Å². The Labute approximate surface area is 74.0 Å². The quantitative estimate of drug-likeness (QED) is 0.676. The van der Waals surface area contributed by atoms with Crippen LogP contribution in [0.3, 0.4) is 0 Å². The molecule has 0 aliphatic carbocycles. The highest BCUT2D eigenvalue weighted by Crippen LogP contribution is 2.20. The number of nitrogens with two attached hydrogens (primary N) is 1. The van der Waals surface area contributed by atoms with Crippen LogP contribution in [0.2, 0.25) is 0 Å². The summed E-state index contributed by atoms with van der Waals surface area (Å²) < 4.78 is 0. The van der Waals surface area contributed by atoms with Gasteiger partial charge in [0.05, 0.1) is 0 Å². The molecular weight excluding hydrogens is 154 g/mol. The van der Waals surface area contributed by atoms with E-state index in [9.17, 15) is 4.79 Å². The monoisotopic (exact) mass is 173 g/mol. The molecule has 0 aliphatic heterocycles. The topological polar surface area (TPSA) is 63.3 Å². The lowest BCUT2D eigenvalue weighted by molar-refractivity contribution is -0.143. The minimum Gasteiger partial charge on any atom is -0.480 e. The van der Waals surface area contributed by atoms with Crippen molar-refractivity contribution in [2.45, 2.75) is 39.7 Å². The van der Waals surface area contributed by atoms with E-state index in [4.69, 9.17) is 10.8 Å². The molecule has 0 fully saturated rings. The predicted molar refractivity (Wildman–Crippen MR) is 48.8 cm³/mol. The van der Waals surface area contributed by atoms with Crippen LogP contribution >= 0.6 is 0 Å². The lowest BCUT2D eigenvalue weighted by Gasteiger charge is -2.25. The Kier molecular flexibility index (Phi) is 3.71. The van der Waals surface area contributed by atoms with E-state index < -0.39 is 11.5 Å². The van der Waals surface area contributed by atoms with E-state index in [-0.39, 0.29) is 0 Å². The van der Waals surface area contributed by atoms with Gasteiger partial charge in [-0.1, -0.05) is 20.8 Å². The number of carboxylic acids is 1. The van der Waals surface area contributed by atoms with Gasteiger partial charge in [-0.3, -0.25) is 4.79 Å². The van der Waals surface area contributed by atoms with Crippen LogP contribution in [0.1, 0.15) is 34.1 Å². The number of rotatable bonds is 4. The highest BCUT2D eigenvalue weighted by molar-refractivity contribution is 5.77. The highest BCUT2D eigenvalue weighted by Gasteiger charge is 2.30. The van der Waals surface area contributed by atoms with Gasteiger partial charge in [-0.25, -0.2) is 0 Å². The molecule has 0 radical (unpaired) electrons. The maximum absolute atomic E-state index is 10.7. The van der Waals surface area contributed by atoms with Crippen LogP contribution in [0.25, 0.3) is 0 Å². The average molecular weight is 173 g/mol. The van der Waals surface area contributed by atoms with Crippen LogP contribution in [0, 0.1) is 11.8 Å². The molecule has 0 heterocycles. The highest BCUT2D eigenvalue weighted by atomic mass is 16.4. The first-order valence-electron chi connectivity index (χ1n) is 4.29. The van der Waals surface area contributed by atoms with Gasteiger partial charge < -0.3 is 10.8 Å². The Morgan fingerprint density at radius 2 is 1.92 bits per heavy atom. The molecule has 1 unspecified atom stereocenters. The predicted octanol–water partition coefficient (Wildman–Crippen LogP) is 1.47. The van der Waals surface area contributed by atoms with Crippen LogP contribution in [0.5, 0.6) is 0 Å². The van der Waals surface area contributed by atoms with E-state index in [0.29, 0.717) is 18.3 Å².